The fourth-order valence-corrected chi connectivity index (χ4v) is 12.9. The van der Waals surface area contributed by atoms with Crippen LogP contribution in [0.3, 0.4) is 0 Å². The lowest BCUT2D eigenvalue weighted by molar-refractivity contribution is -0.286. The van der Waals surface area contributed by atoms with E-state index in [-0.39, 0.29) is 35.7 Å². The molecule has 47 heavy (non-hydrogen) atoms. The van der Waals surface area contributed by atoms with Gasteiger partial charge in [0, 0.05) is 49.4 Å². The number of fused-ring (bicyclic) bond motifs is 10. The summed E-state index contributed by atoms with van der Waals surface area (Å²) in [5.41, 5.74) is -4.41. The first-order valence-electron chi connectivity index (χ1n) is 17.1. The van der Waals surface area contributed by atoms with Gasteiger partial charge in [0.1, 0.15) is 41.5 Å². The molecule has 7 rings (SSSR count). The number of carbonyl (C=O) groups excluding carboxylic acids is 3. The van der Waals surface area contributed by atoms with Crippen LogP contribution in [0.4, 0.5) is 0 Å². The molecule has 0 aromatic heterocycles. The van der Waals surface area contributed by atoms with Gasteiger partial charge in [0.05, 0.1) is 23.7 Å². The Balaban J connectivity index is 1.46. The highest BCUT2D eigenvalue weighted by atomic mass is 16.6. The topological polar surface area (TPSA) is 161 Å². The van der Waals surface area contributed by atoms with Crippen molar-refractivity contribution in [2.45, 2.75) is 117 Å². The van der Waals surface area contributed by atoms with Crippen molar-refractivity contribution in [2.24, 2.45) is 63.6 Å². The molecule has 0 radical (unpaired) electrons. The minimum atomic E-state index is -1.53. The number of hydrogen-bond donors (Lipinski definition) is 3. The lowest BCUT2D eigenvalue weighted by Gasteiger charge is -2.67. The van der Waals surface area contributed by atoms with Crippen molar-refractivity contribution < 1.29 is 53.4 Å². The molecule has 2 heterocycles. The van der Waals surface area contributed by atoms with E-state index in [1.807, 2.05) is 40.7 Å². The van der Waals surface area contributed by atoms with E-state index in [0.29, 0.717) is 12.2 Å². The maximum atomic E-state index is 13.0. The van der Waals surface area contributed by atoms with Gasteiger partial charge in [-0.2, -0.15) is 0 Å². The minimum Gasteiger partial charge on any atom is -0.463 e. The molecule has 2 saturated heterocycles. The summed E-state index contributed by atoms with van der Waals surface area (Å²) < 4.78 is 30.6. The zero-order valence-corrected chi connectivity index (χ0v) is 28.8. The molecule has 0 amide bonds. The second-order valence-corrected chi connectivity index (χ2v) is 16.6. The van der Waals surface area contributed by atoms with Crippen molar-refractivity contribution >= 4 is 17.9 Å². The first-order chi connectivity index (χ1) is 21.7. The number of ether oxygens (including phenoxy) is 5. The Morgan fingerprint density at radius 2 is 1.45 bits per heavy atom. The Bertz CT molecular complexity index is 1450. The molecule has 4 saturated carbocycles. The highest BCUT2D eigenvalue weighted by Crippen LogP contribution is 2.77. The Kier molecular flexibility index (Phi) is 7.06. The molecule has 19 atom stereocenters. The van der Waals surface area contributed by atoms with Crippen LogP contribution in [0.1, 0.15) is 68.7 Å². The molecule has 0 aromatic carbocycles. The van der Waals surface area contributed by atoms with Crippen LogP contribution in [0.2, 0.25) is 0 Å². The zero-order valence-electron chi connectivity index (χ0n) is 28.8. The summed E-state index contributed by atoms with van der Waals surface area (Å²) >= 11 is 0. The molecule has 0 aromatic rings. The number of allylic oxidation sites excluding steroid dienone is 1. The molecule has 7 aliphatic rings. The summed E-state index contributed by atoms with van der Waals surface area (Å²) in [5.74, 6) is -4.44. The van der Waals surface area contributed by atoms with Crippen molar-refractivity contribution in [3.05, 3.63) is 24.2 Å². The number of rotatable bonds is 3. The summed E-state index contributed by atoms with van der Waals surface area (Å²) in [6.07, 6.45) is -2.78. The molecule has 2 aliphatic heterocycles. The lowest BCUT2D eigenvalue weighted by Crippen LogP contribution is -2.73. The van der Waals surface area contributed by atoms with Crippen LogP contribution in [0.15, 0.2) is 24.2 Å². The van der Waals surface area contributed by atoms with Crippen molar-refractivity contribution in [1.29, 1.82) is 0 Å². The number of epoxide rings is 1. The van der Waals surface area contributed by atoms with Crippen LogP contribution in [0.25, 0.3) is 0 Å². The van der Waals surface area contributed by atoms with Gasteiger partial charge in [-0.3, -0.25) is 14.4 Å². The first-order valence-corrected chi connectivity index (χ1v) is 17.1. The van der Waals surface area contributed by atoms with Gasteiger partial charge in [-0.25, -0.2) is 0 Å². The number of aliphatic hydroxyl groups excluding tert-OH is 2. The standard InChI is InChI=1S/C36H50O11/c1-13-11-21-35(9,36(10,42)15(3)43-21)26-23(13)34(8)25(28(26)41)22-24(14(2)31(34)45-17(5)38)33(7)19(29(27(22)40)44-16(4)37)12-20-30(47-20)32(33)46-18(6)39/h11,13-14,19-20,22-32,40-42H,3,12H2,1-2,4-10H3/t13-,14+,19-,20+,22-,23+,24?,25-,26+,27-,28-,29+,30+,31+,32+,33+,34-,35+,36-/m1/s1. The quantitative estimate of drug-likeness (QED) is 0.232. The number of carbonyl (C=O) groups is 3. The number of hydrogen-bond acceptors (Lipinski definition) is 11. The SMILES string of the molecule is C=C1OC2=C[C@@H](C)[C@H]3[C@@H]([C@H](O)[C@H]4[C@H]5C([C@H](C)[C@H](OC(C)=O)[C@]34C)[C@]3(C)[C@H](C[C@@H]4O[C@@H]4[C@@H]3OC(C)=O)[C@H](OC(C)=O)[C@@H]5O)[C@@]2(C)[C@]1(C)O. The summed E-state index contributed by atoms with van der Waals surface area (Å²) in [5, 5.41) is 37.4. The average Bonchev–Trinajstić information content (AvgIpc) is 3.65. The lowest BCUT2D eigenvalue weighted by atomic mass is 9.39. The van der Waals surface area contributed by atoms with Gasteiger partial charge < -0.3 is 39.0 Å². The number of esters is 3. The monoisotopic (exact) mass is 658 g/mol. The maximum Gasteiger partial charge on any atom is 0.303 e. The van der Waals surface area contributed by atoms with Gasteiger partial charge in [0.15, 0.2) is 0 Å². The third-order valence-corrected chi connectivity index (χ3v) is 14.5. The minimum absolute atomic E-state index is 0.173. The predicted molar refractivity (Wildman–Crippen MR) is 164 cm³/mol. The zero-order chi connectivity index (χ0) is 34.5. The van der Waals surface area contributed by atoms with E-state index in [9.17, 15) is 29.7 Å². The summed E-state index contributed by atoms with van der Waals surface area (Å²) in [7, 11) is 0. The van der Waals surface area contributed by atoms with E-state index in [1.165, 1.54) is 20.8 Å². The molecular weight excluding hydrogens is 608 g/mol. The maximum absolute atomic E-state index is 13.0. The van der Waals surface area contributed by atoms with E-state index in [2.05, 4.69) is 6.58 Å². The molecule has 6 fully saturated rings. The van der Waals surface area contributed by atoms with Crippen LogP contribution < -0.4 is 0 Å². The molecule has 260 valence electrons. The second-order valence-electron chi connectivity index (χ2n) is 16.6. The predicted octanol–water partition coefficient (Wildman–Crippen LogP) is 2.90. The van der Waals surface area contributed by atoms with Gasteiger partial charge in [-0.1, -0.05) is 34.3 Å². The third-order valence-electron chi connectivity index (χ3n) is 14.5. The van der Waals surface area contributed by atoms with Crippen LogP contribution in [-0.2, 0) is 38.1 Å². The second kappa shape index (κ2) is 10.0. The van der Waals surface area contributed by atoms with E-state index in [0.717, 1.165) is 0 Å². The van der Waals surface area contributed by atoms with Gasteiger partial charge in [0.25, 0.3) is 0 Å². The fourth-order valence-electron chi connectivity index (χ4n) is 12.9. The largest absolute Gasteiger partial charge is 0.463 e. The van der Waals surface area contributed by atoms with Gasteiger partial charge in [-0.05, 0) is 55.9 Å². The highest BCUT2D eigenvalue weighted by molar-refractivity contribution is 5.67. The average molecular weight is 659 g/mol. The Labute approximate surface area is 276 Å². The summed E-state index contributed by atoms with van der Waals surface area (Å²) in [4.78, 5) is 38.2. The Hall–Kier alpha value is -2.47. The Morgan fingerprint density at radius 1 is 0.851 bits per heavy atom. The first kappa shape index (κ1) is 33.0. The van der Waals surface area contributed by atoms with E-state index in [4.69, 9.17) is 23.7 Å². The van der Waals surface area contributed by atoms with Crippen LogP contribution in [-0.4, -0.2) is 81.6 Å². The molecule has 1 unspecified atom stereocenters. The molecule has 0 bridgehead atoms. The van der Waals surface area contributed by atoms with Gasteiger partial charge in [-0.15, -0.1) is 0 Å². The van der Waals surface area contributed by atoms with E-state index in [1.54, 1.807) is 6.92 Å². The van der Waals surface area contributed by atoms with Gasteiger partial charge in [0.2, 0.25) is 0 Å². The fraction of sp³-hybridized carbons (Fsp3) is 0.806. The highest BCUT2D eigenvalue weighted by Gasteiger charge is 2.81. The Morgan fingerprint density at radius 3 is 2.04 bits per heavy atom. The normalized spacial score (nSPS) is 56.6. The van der Waals surface area contributed by atoms with Crippen LogP contribution in [0, 0.1) is 63.6 Å². The molecule has 3 N–H and O–H groups in total. The van der Waals surface area contributed by atoms with E-state index < -0.39 is 99.9 Å². The summed E-state index contributed by atoms with van der Waals surface area (Å²) in [6, 6.07) is 0. The van der Waals surface area contributed by atoms with Crippen molar-refractivity contribution in [3.8, 4) is 0 Å². The van der Waals surface area contributed by atoms with Crippen LogP contribution in [0.5, 0.6) is 0 Å². The molecule has 11 nitrogen and oxygen atoms in total. The van der Waals surface area contributed by atoms with E-state index >= 15 is 0 Å². The van der Waals surface area contributed by atoms with Crippen LogP contribution >= 0.6 is 0 Å². The van der Waals surface area contributed by atoms with Crippen molar-refractivity contribution in [2.75, 3.05) is 0 Å². The van der Waals surface area contributed by atoms with Gasteiger partial charge >= 0.3 is 17.9 Å². The number of aliphatic hydroxyl groups is 3. The van der Waals surface area contributed by atoms with Crippen molar-refractivity contribution in [3.63, 3.8) is 0 Å². The molecular formula is C36H50O11. The third kappa shape index (κ3) is 3.91. The smallest absolute Gasteiger partial charge is 0.303 e. The molecule has 5 aliphatic carbocycles. The molecule has 0 spiro atoms. The van der Waals surface area contributed by atoms with Crippen molar-refractivity contribution in [1.82, 2.24) is 0 Å². The molecule has 11 heteroatoms. The summed E-state index contributed by atoms with van der Waals surface area (Å²) in [6.45, 7) is 19.7.